The Morgan fingerprint density at radius 2 is 1.93 bits per heavy atom. The number of ether oxygens (including phenoxy) is 3. The van der Waals surface area contributed by atoms with Gasteiger partial charge in [0, 0.05) is 24.3 Å². The lowest BCUT2D eigenvalue weighted by Gasteiger charge is -2.31. The Kier molecular flexibility index (Phi) is 8.51. The number of amides is 3. The third kappa shape index (κ3) is 5.98. The van der Waals surface area contributed by atoms with Crippen LogP contribution in [0.4, 0.5) is 0 Å². The molecule has 3 atom stereocenters. The van der Waals surface area contributed by atoms with Crippen molar-refractivity contribution < 1.29 is 33.4 Å². The summed E-state index contributed by atoms with van der Waals surface area (Å²) in [6.07, 6.45) is 1.63. The molecule has 1 aromatic carbocycles. The number of aromatic nitrogens is 3. The Bertz CT molecular complexity index is 1420. The van der Waals surface area contributed by atoms with E-state index in [0.29, 0.717) is 5.65 Å². The molecular weight excluding hydrogens is 520 g/mol. The largest absolute Gasteiger partial charge is 0.493 e. The molecule has 212 valence electrons. The van der Waals surface area contributed by atoms with Crippen LogP contribution in [0.5, 0.6) is 11.5 Å². The third-order valence-corrected chi connectivity index (χ3v) is 6.61. The molecule has 0 saturated carbocycles. The summed E-state index contributed by atoms with van der Waals surface area (Å²) in [4.78, 5) is 58.5. The molecule has 13 heteroatoms. The van der Waals surface area contributed by atoms with Gasteiger partial charge in [-0.25, -0.2) is 14.3 Å². The van der Waals surface area contributed by atoms with Crippen LogP contribution < -0.4 is 20.1 Å². The molecule has 1 aliphatic heterocycles. The van der Waals surface area contributed by atoms with Crippen molar-refractivity contribution in [3.8, 4) is 11.5 Å². The van der Waals surface area contributed by atoms with Gasteiger partial charge >= 0.3 is 5.97 Å². The Balaban J connectivity index is 1.76. The lowest BCUT2D eigenvalue weighted by Crippen LogP contribution is -2.54. The van der Waals surface area contributed by atoms with Gasteiger partial charge in [0.25, 0.3) is 11.8 Å². The van der Waals surface area contributed by atoms with Crippen LogP contribution in [0.25, 0.3) is 5.65 Å². The maximum absolute atomic E-state index is 13.7. The highest BCUT2D eigenvalue weighted by Gasteiger charge is 2.33. The van der Waals surface area contributed by atoms with Crippen LogP contribution in [0.1, 0.15) is 41.6 Å². The molecule has 4 rings (SSSR count). The maximum Gasteiger partial charge on any atom is 0.349 e. The molecule has 3 aromatic rings. The number of esters is 1. The summed E-state index contributed by atoms with van der Waals surface area (Å²) in [5, 5.41) is 9.91. The molecule has 3 heterocycles. The second-order valence-electron chi connectivity index (χ2n) is 9.73. The van der Waals surface area contributed by atoms with Crippen LogP contribution in [-0.4, -0.2) is 88.7 Å². The number of hydrogen-bond donors (Lipinski definition) is 2. The normalized spacial score (nSPS) is 20.2. The second kappa shape index (κ2) is 12.0. The zero-order valence-electron chi connectivity index (χ0n) is 22.9. The highest BCUT2D eigenvalue weighted by Crippen LogP contribution is 2.30. The highest BCUT2D eigenvalue weighted by atomic mass is 16.6. The van der Waals surface area contributed by atoms with Gasteiger partial charge in [0.1, 0.15) is 0 Å². The fraction of sp³-hybridized carbons (Fsp3) is 0.407. The summed E-state index contributed by atoms with van der Waals surface area (Å²) in [6.45, 7) is 5.02. The predicted octanol–water partition coefficient (Wildman–Crippen LogP) is 1.07. The Hall–Kier alpha value is -4.68. The number of carbonyl (C=O) groups is 4. The minimum absolute atomic E-state index is 0.0179. The van der Waals surface area contributed by atoms with Crippen molar-refractivity contribution >= 4 is 29.3 Å². The first-order valence-corrected chi connectivity index (χ1v) is 12.7. The van der Waals surface area contributed by atoms with Crippen LogP contribution in [-0.2, 0) is 14.3 Å². The molecule has 0 radical (unpaired) electrons. The first kappa shape index (κ1) is 28.3. The minimum atomic E-state index is -1.28. The fourth-order valence-electron chi connectivity index (χ4n) is 4.33. The average molecular weight is 553 g/mol. The van der Waals surface area contributed by atoms with E-state index in [0.717, 1.165) is 0 Å². The van der Waals surface area contributed by atoms with Crippen molar-refractivity contribution in [2.24, 2.45) is 5.92 Å². The third-order valence-electron chi connectivity index (χ3n) is 6.61. The number of nitrogens with zero attached hydrogens (tertiary/aromatic N) is 4. The van der Waals surface area contributed by atoms with Crippen LogP contribution in [0, 0.1) is 5.92 Å². The lowest BCUT2D eigenvalue weighted by atomic mass is 10.0. The number of nitrogens with one attached hydrogen (secondary N) is 2. The van der Waals surface area contributed by atoms with Crippen LogP contribution >= 0.6 is 0 Å². The number of methoxy groups -OCH3 is 2. The van der Waals surface area contributed by atoms with E-state index in [1.807, 2.05) is 13.8 Å². The molecule has 13 nitrogen and oxygen atoms in total. The summed E-state index contributed by atoms with van der Waals surface area (Å²) < 4.78 is 17.6. The van der Waals surface area contributed by atoms with Gasteiger partial charge in [-0.15, -0.1) is 0 Å². The van der Waals surface area contributed by atoms with E-state index in [1.165, 1.54) is 42.1 Å². The van der Waals surface area contributed by atoms with Crippen molar-refractivity contribution in [3.05, 3.63) is 54.0 Å². The number of hydrogen-bond acceptors (Lipinski definition) is 9. The van der Waals surface area contributed by atoms with E-state index in [2.05, 4.69) is 20.7 Å². The van der Waals surface area contributed by atoms with E-state index >= 15 is 0 Å². The maximum atomic E-state index is 13.7. The molecule has 2 bridgehead atoms. The summed E-state index contributed by atoms with van der Waals surface area (Å²) in [5.74, 6) is -1.93. The molecule has 0 saturated heterocycles. The summed E-state index contributed by atoms with van der Waals surface area (Å²) in [6, 6.07) is 6.57. The van der Waals surface area contributed by atoms with Gasteiger partial charge < -0.3 is 29.7 Å². The van der Waals surface area contributed by atoms with Crippen molar-refractivity contribution in [1.82, 2.24) is 30.1 Å². The first-order valence-electron chi connectivity index (χ1n) is 12.7. The summed E-state index contributed by atoms with van der Waals surface area (Å²) >= 11 is 0. The Morgan fingerprint density at radius 1 is 1.15 bits per heavy atom. The second-order valence-corrected chi connectivity index (χ2v) is 9.73. The average Bonchev–Trinajstić information content (AvgIpc) is 3.37. The molecule has 0 fully saturated rings. The Morgan fingerprint density at radius 3 is 2.62 bits per heavy atom. The van der Waals surface area contributed by atoms with Gasteiger partial charge in [0.05, 0.1) is 33.0 Å². The first-order chi connectivity index (χ1) is 19.1. The Labute approximate surface area is 230 Å². The zero-order chi connectivity index (χ0) is 29.0. The van der Waals surface area contributed by atoms with Gasteiger partial charge in [-0.2, -0.15) is 5.10 Å². The molecule has 3 amide bonds. The van der Waals surface area contributed by atoms with Crippen LogP contribution in [0.2, 0.25) is 0 Å². The standard InChI is InChI=1S/C27H32N6O7/c1-15(2)18-13-32(26(36)19-12-28-22-7-6-10-29-33(19)22)14-23(34)30-16(3)24(27(37)39-5)40-21-11-17(25(35)31-18)8-9-20(21)38-4/h6-12,15-16,18,24H,13-14H2,1-5H3,(H,30,34)(H,31,35)/t16-,18?,24?/m0/s1. The van der Waals surface area contributed by atoms with E-state index < -0.39 is 41.9 Å². The van der Waals surface area contributed by atoms with E-state index in [9.17, 15) is 19.2 Å². The van der Waals surface area contributed by atoms with Gasteiger partial charge in [0.15, 0.2) is 22.8 Å². The fourth-order valence-corrected chi connectivity index (χ4v) is 4.33. The SMILES string of the molecule is COC(=O)C1Oc2cc(ccc2OC)C(=O)NC(C(C)C)CN(C(=O)c2cnc3cccnn23)CC(=O)N[C@H]1C. The lowest BCUT2D eigenvalue weighted by molar-refractivity contribution is -0.150. The van der Waals surface area contributed by atoms with E-state index in [-0.39, 0.29) is 41.8 Å². The minimum Gasteiger partial charge on any atom is -0.493 e. The molecule has 0 aliphatic carbocycles. The molecule has 0 spiro atoms. The number of benzene rings is 1. The van der Waals surface area contributed by atoms with Gasteiger partial charge in [-0.1, -0.05) is 13.8 Å². The summed E-state index contributed by atoms with van der Waals surface area (Å²) in [5.41, 5.74) is 0.873. The van der Waals surface area contributed by atoms with Crippen LogP contribution in [0.3, 0.4) is 0 Å². The monoisotopic (exact) mass is 552 g/mol. The van der Waals surface area contributed by atoms with E-state index in [4.69, 9.17) is 14.2 Å². The van der Waals surface area contributed by atoms with Gasteiger partial charge in [-0.05, 0) is 43.2 Å². The molecule has 2 N–H and O–H groups in total. The van der Waals surface area contributed by atoms with Crippen molar-refractivity contribution in [1.29, 1.82) is 0 Å². The van der Waals surface area contributed by atoms with Crippen molar-refractivity contribution in [3.63, 3.8) is 0 Å². The molecule has 40 heavy (non-hydrogen) atoms. The number of rotatable bonds is 4. The van der Waals surface area contributed by atoms with Crippen LogP contribution in [0.15, 0.2) is 42.7 Å². The highest BCUT2D eigenvalue weighted by molar-refractivity contribution is 5.97. The number of imidazole rings is 1. The van der Waals surface area contributed by atoms with Gasteiger partial charge in [-0.3, -0.25) is 14.4 Å². The quantitative estimate of drug-likeness (QED) is 0.453. The smallest absolute Gasteiger partial charge is 0.349 e. The number of fused-ring (bicyclic) bond motifs is 3. The van der Waals surface area contributed by atoms with Crippen molar-refractivity contribution in [2.75, 3.05) is 27.3 Å². The zero-order valence-corrected chi connectivity index (χ0v) is 22.9. The number of carbonyl (C=O) groups excluding carboxylic acids is 4. The predicted molar refractivity (Wildman–Crippen MR) is 142 cm³/mol. The van der Waals surface area contributed by atoms with Gasteiger partial charge in [0.2, 0.25) is 12.0 Å². The molecule has 2 aromatic heterocycles. The van der Waals surface area contributed by atoms with E-state index in [1.54, 1.807) is 31.2 Å². The molecule has 2 unspecified atom stereocenters. The molecular formula is C27H32N6O7. The molecule has 1 aliphatic rings. The topological polar surface area (TPSA) is 153 Å². The van der Waals surface area contributed by atoms with Crippen molar-refractivity contribution in [2.45, 2.75) is 39.0 Å². The summed E-state index contributed by atoms with van der Waals surface area (Å²) in [7, 11) is 2.63.